The third kappa shape index (κ3) is 3.80. The third-order valence-corrected chi connectivity index (χ3v) is 3.73. The van der Waals surface area contributed by atoms with Crippen LogP contribution in [0.4, 0.5) is 5.82 Å². The standard InChI is InChI=1S/C14H22ClN3O/c1-8(2)6-11(7-19)16-13-9(3)12(15)17-14(18-13)10-4-5-10/h8,10-11,19H,4-7H2,1-3H3,(H,16,17,18). The fraction of sp³-hybridized carbons (Fsp3) is 0.714. The fourth-order valence-corrected chi connectivity index (χ4v) is 2.29. The molecule has 19 heavy (non-hydrogen) atoms. The van der Waals surface area contributed by atoms with Crippen LogP contribution in [0.15, 0.2) is 0 Å². The number of halogens is 1. The van der Waals surface area contributed by atoms with E-state index in [1.807, 2.05) is 6.92 Å². The first-order valence-corrected chi connectivity index (χ1v) is 7.30. The molecule has 1 aromatic rings. The highest BCUT2D eigenvalue weighted by molar-refractivity contribution is 6.30. The maximum atomic E-state index is 9.45. The zero-order chi connectivity index (χ0) is 14.0. The first-order chi connectivity index (χ1) is 9.01. The van der Waals surface area contributed by atoms with E-state index in [2.05, 4.69) is 29.1 Å². The van der Waals surface area contributed by atoms with Gasteiger partial charge in [-0.1, -0.05) is 25.4 Å². The smallest absolute Gasteiger partial charge is 0.137 e. The summed E-state index contributed by atoms with van der Waals surface area (Å²) in [4.78, 5) is 8.91. The predicted molar refractivity (Wildman–Crippen MR) is 77.7 cm³/mol. The molecule has 1 heterocycles. The Hall–Kier alpha value is -0.870. The lowest BCUT2D eigenvalue weighted by Gasteiger charge is -2.20. The van der Waals surface area contributed by atoms with Crippen LogP contribution in [-0.4, -0.2) is 27.7 Å². The van der Waals surface area contributed by atoms with Crippen LogP contribution in [-0.2, 0) is 0 Å². The van der Waals surface area contributed by atoms with Crippen molar-refractivity contribution in [3.8, 4) is 0 Å². The monoisotopic (exact) mass is 283 g/mol. The van der Waals surface area contributed by atoms with Gasteiger partial charge in [0.25, 0.3) is 0 Å². The van der Waals surface area contributed by atoms with Crippen LogP contribution in [0.25, 0.3) is 0 Å². The molecule has 1 fully saturated rings. The van der Waals surface area contributed by atoms with Crippen LogP contribution < -0.4 is 5.32 Å². The molecule has 4 nitrogen and oxygen atoms in total. The number of aliphatic hydroxyl groups excluding tert-OH is 1. The number of rotatable bonds is 6. The van der Waals surface area contributed by atoms with E-state index in [0.717, 1.165) is 36.5 Å². The molecule has 0 aromatic carbocycles. The summed E-state index contributed by atoms with van der Waals surface area (Å²) in [7, 11) is 0. The highest BCUT2D eigenvalue weighted by Crippen LogP contribution is 2.39. The van der Waals surface area contributed by atoms with Gasteiger partial charge in [0.05, 0.1) is 12.6 Å². The van der Waals surface area contributed by atoms with Gasteiger partial charge in [-0.05, 0) is 32.1 Å². The summed E-state index contributed by atoms with van der Waals surface area (Å²) in [6.45, 7) is 6.28. The van der Waals surface area contributed by atoms with Gasteiger partial charge in [-0.2, -0.15) is 0 Å². The van der Waals surface area contributed by atoms with Gasteiger partial charge >= 0.3 is 0 Å². The molecule has 1 aliphatic rings. The number of nitrogens with zero attached hydrogens (tertiary/aromatic N) is 2. The van der Waals surface area contributed by atoms with Crippen LogP contribution in [0, 0.1) is 12.8 Å². The SMILES string of the molecule is Cc1c(Cl)nc(C2CC2)nc1NC(CO)CC(C)C. The molecule has 0 saturated heterocycles. The lowest BCUT2D eigenvalue weighted by atomic mass is 10.0. The summed E-state index contributed by atoms with van der Waals surface area (Å²) in [6, 6.07) is 0.0109. The zero-order valence-corrected chi connectivity index (χ0v) is 12.5. The first kappa shape index (κ1) is 14.5. The zero-order valence-electron chi connectivity index (χ0n) is 11.8. The molecule has 1 aromatic heterocycles. The number of hydrogen-bond acceptors (Lipinski definition) is 4. The summed E-state index contributed by atoms with van der Waals surface area (Å²) in [5.74, 6) is 2.59. The van der Waals surface area contributed by atoms with E-state index in [-0.39, 0.29) is 12.6 Å². The average molecular weight is 284 g/mol. The van der Waals surface area contributed by atoms with Crippen LogP contribution in [0.5, 0.6) is 0 Å². The predicted octanol–water partition coefficient (Wildman–Crippen LogP) is 3.13. The van der Waals surface area contributed by atoms with Crippen molar-refractivity contribution in [2.75, 3.05) is 11.9 Å². The molecular weight excluding hydrogens is 262 g/mol. The normalized spacial score (nSPS) is 16.7. The highest BCUT2D eigenvalue weighted by Gasteiger charge is 2.28. The van der Waals surface area contributed by atoms with E-state index in [0.29, 0.717) is 17.0 Å². The van der Waals surface area contributed by atoms with Crippen molar-refractivity contribution < 1.29 is 5.11 Å². The second-order valence-electron chi connectivity index (χ2n) is 5.77. The minimum atomic E-state index is 0.0109. The van der Waals surface area contributed by atoms with Gasteiger partial charge in [0, 0.05) is 11.5 Å². The van der Waals surface area contributed by atoms with Crippen LogP contribution in [0.3, 0.4) is 0 Å². The molecule has 1 atom stereocenters. The summed E-state index contributed by atoms with van der Waals surface area (Å²) < 4.78 is 0. The minimum Gasteiger partial charge on any atom is -0.394 e. The van der Waals surface area contributed by atoms with E-state index in [9.17, 15) is 5.11 Å². The van der Waals surface area contributed by atoms with Crippen molar-refractivity contribution in [2.45, 2.75) is 52.0 Å². The maximum Gasteiger partial charge on any atom is 0.137 e. The number of nitrogens with one attached hydrogen (secondary N) is 1. The van der Waals surface area contributed by atoms with E-state index in [4.69, 9.17) is 11.6 Å². The van der Waals surface area contributed by atoms with E-state index in [1.54, 1.807) is 0 Å². The molecule has 0 aliphatic heterocycles. The maximum absolute atomic E-state index is 9.45. The summed E-state index contributed by atoms with van der Waals surface area (Å²) >= 11 is 6.17. The summed E-state index contributed by atoms with van der Waals surface area (Å²) in [6.07, 6.45) is 3.19. The molecule has 5 heteroatoms. The van der Waals surface area contributed by atoms with Crippen molar-refractivity contribution in [1.29, 1.82) is 0 Å². The Morgan fingerprint density at radius 3 is 2.58 bits per heavy atom. The van der Waals surface area contributed by atoms with E-state index >= 15 is 0 Å². The molecule has 1 aliphatic carbocycles. The Bertz CT molecular complexity index is 447. The van der Waals surface area contributed by atoms with Gasteiger partial charge < -0.3 is 10.4 Å². The van der Waals surface area contributed by atoms with Gasteiger partial charge in [0.2, 0.25) is 0 Å². The fourth-order valence-electron chi connectivity index (χ4n) is 2.11. The lowest BCUT2D eigenvalue weighted by molar-refractivity contribution is 0.259. The molecule has 106 valence electrons. The highest BCUT2D eigenvalue weighted by atomic mass is 35.5. The van der Waals surface area contributed by atoms with E-state index < -0.39 is 0 Å². The van der Waals surface area contributed by atoms with Gasteiger partial charge in [0.15, 0.2) is 0 Å². The minimum absolute atomic E-state index is 0.0109. The van der Waals surface area contributed by atoms with Crippen molar-refractivity contribution in [3.63, 3.8) is 0 Å². The van der Waals surface area contributed by atoms with Crippen molar-refractivity contribution in [3.05, 3.63) is 16.5 Å². The topological polar surface area (TPSA) is 58.0 Å². The Morgan fingerprint density at radius 1 is 1.37 bits per heavy atom. The van der Waals surface area contributed by atoms with Gasteiger partial charge in [-0.3, -0.25) is 0 Å². The molecule has 1 unspecified atom stereocenters. The third-order valence-electron chi connectivity index (χ3n) is 3.36. The number of anilines is 1. The molecule has 0 radical (unpaired) electrons. The van der Waals surface area contributed by atoms with E-state index in [1.165, 1.54) is 0 Å². The average Bonchev–Trinajstić information content (AvgIpc) is 3.17. The molecule has 1 saturated carbocycles. The Kier molecular flexibility index (Phi) is 4.63. The molecular formula is C14H22ClN3O. The Morgan fingerprint density at radius 2 is 2.05 bits per heavy atom. The van der Waals surface area contributed by atoms with Crippen molar-refractivity contribution in [2.24, 2.45) is 5.92 Å². The number of aromatic nitrogens is 2. The summed E-state index contributed by atoms with van der Waals surface area (Å²) in [5.41, 5.74) is 0.855. The first-order valence-electron chi connectivity index (χ1n) is 6.92. The Balaban J connectivity index is 2.17. The molecule has 0 amide bonds. The van der Waals surface area contributed by atoms with Crippen LogP contribution in [0.2, 0.25) is 5.15 Å². The van der Waals surface area contributed by atoms with Crippen LogP contribution >= 0.6 is 11.6 Å². The molecule has 2 rings (SSSR count). The number of hydrogen-bond donors (Lipinski definition) is 2. The second-order valence-corrected chi connectivity index (χ2v) is 6.13. The van der Waals surface area contributed by atoms with Crippen LogP contribution in [0.1, 0.15) is 50.4 Å². The van der Waals surface area contributed by atoms with Crippen molar-refractivity contribution >= 4 is 17.4 Å². The van der Waals surface area contributed by atoms with Gasteiger partial charge in [-0.25, -0.2) is 9.97 Å². The summed E-state index contributed by atoms with van der Waals surface area (Å²) in [5, 5.41) is 13.3. The van der Waals surface area contributed by atoms with Crippen molar-refractivity contribution in [1.82, 2.24) is 9.97 Å². The molecule has 2 N–H and O–H groups in total. The lowest BCUT2D eigenvalue weighted by Crippen LogP contribution is -2.27. The van der Waals surface area contributed by atoms with Gasteiger partial charge in [-0.15, -0.1) is 0 Å². The molecule has 0 bridgehead atoms. The quantitative estimate of drug-likeness (QED) is 0.788. The Labute approximate surface area is 119 Å². The second kappa shape index (κ2) is 6.06. The largest absolute Gasteiger partial charge is 0.394 e. The molecule has 0 spiro atoms. The number of aliphatic hydroxyl groups is 1. The van der Waals surface area contributed by atoms with Gasteiger partial charge in [0.1, 0.15) is 16.8 Å².